The first kappa shape index (κ1) is 31.9. The van der Waals surface area contributed by atoms with Gasteiger partial charge in [-0.15, -0.1) is 22.7 Å². The minimum atomic E-state index is -2.53. The van der Waals surface area contributed by atoms with Gasteiger partial charge in [0, 0.05) is 41.1 Å². The number of benzene rings is 6. The summed E-state index contributed by atoms with van der Waals surface area (Å²) in [5.41, 5.74) is 13.3. The lowest BCUT2D eigenvalue weighted by atomic mass is 9.87. The molecule has 1 aliphatic heterocycles. The first-order valence-corrected chi connectivity index (χ1v) is 22.3. The van der Waals surface area contributed by atoms with E-state index in [1.54, 1.807) is 0 Å². The van der Waals surface area contributed by atoms with Crippen molar-refractivity contribution in [1.29, 1.82) is 0 Å². The van der Waals surface area contributed by atoms with E-state index >= 15 is 0 Å². The van der Waals surface area contributed by atoms with E-state index in [0.717, 1.165) is 0 Å². The highest BCUT2D eigenvalue weighted by Gasteiger charge is 2.47. The molecule has 8 aromatic rings. The van der Waals surface area contributed by atoms with E-state index < -0.39 is 8.07 Å². The fourth-order valence-electron chi connectivity index (χ4n) is 8.23. The Morgan fingerprint density at radius 3 is 1.18 bits per heavy atom. The van der Waals surface area contributed by atoms with Gasteiger partial charge < -0.3 is 0 Å². The van der Waals surface area contributed by atoms with Gasteiger partial charge in [-0.1, -0.05) is 170 Å². The summed E-state index contributed by atoms with van der Waals surface area (Å²) in [5.74, 6) is 0. The lowest BCUT2D eigenvalue weighted by molar-refractivity contribution is 1.44. The van der Waals surface area contributed by atoms with Crippen molar-refractivity contribution in [2.75, 3.05) is 0 Å². The van der Waals surface area contributed by atoms with Crippen molar-refractivity contribution in [2.45, 2.75) is 26.9 Å². The van der Waals surface area contributed by atoms with E-state index in [1.807, 2.05) is 22.7 Å². The summed E-state index contributed by atoms with van der Waals surface area (Å²) in [6.45, 7) is 9.71. The molecule has 0 spiro atoms. The Labute approximate surface area is 309 Å². The minimum Gasteiger partial charge on any atom is -0.135 e. The third-order valence-electron chi connectivity index (χ3n) is 10.4. The second kappa shape index (κ2) is 12.6. The third-order valence-corrected chi connectivity index (χ3v) is 16.3. The van der Waals surface area contributed by atoms with Gasteiger partial charge in [0.2, 0.25) is 0 Å². The molecular formula is C48H38S2Si. The standard InChI is InChI=1S/C48H38S2Si/c1-31-17-15-23-35(29-31)41-42(36-24-16-18-32(2)30-36)48(44-38-26-12-14-28-40(38)50-46(44)34-21-9-6-10-22-34)51(3,4)47(41)43-37-25-11-13-27-39(37)49-45(43)33-19-7-5-8-20-33/h5-30H,1-4H3. The molecule has 3 heterocycles. The SMILES string of the molecule is Cc1cccc(C2=C(c3c(-c4ccccc4)sc4ccccc34)[Si](C)(C)C(c3c(-c4ccccc4)sc4ccccc34)=C2c2cccc(C)c2)c1. The third kappa shape index (κ3) is 5.31. The van der Waals surface area contributed by atoms with Crippen molar-refractivity contribution in [1.82, 2.24) is 0 Å². The van der Waals surface area contributed by atoms with E-state index in [-0.39, 0.29) is 0 Å². The summed E-state index contributed by atoms with van der Waals surface area (Å²) < 4.78 is 2.67. The first-order chi connectivity index (χ1) is 24.9. The van der Waals surface area contributed by atoms with Gasteiger partial charge in [-0.3, -0.25) is 0 Å². The largest absolute Gasteiger partial charge is 0.135 e. The molecule has 0 saturated carbocycles. The Morgan fingerprint density at radius 2 is 0.765 bits per heavy atom. The Kier molecular flexibility index (Phi) is 7.88. The van der Waals surface area contributed by atoms with Crippen molar-refractivity contribution in [3.63, 3.8) is 0 Å². The predicted molar refractivity (Wildman–Crippen MR) is 228 cm³/mol. The summed E-state index contributed by atoms with van der Waals surface area (Å²) in [6, 6.07) is 58.8. The molecule has 9 rings (SSSR count). The molecule has 0 aliphatic carbocycles. The van der Waals surface area contributed by atoms with E-state index in [1.165, 1.54) is 96.0 Å². The van der Waals surface area contributed by atoms with Crippen LogP contribution in [0.25, 0.3) is 62.6 Å². The van der Waals surface area contributed by atoms with E-state index in [0.29, 0.717) is 0 Å². The van der Waals surface area contributed by atoms with Crippen molar-refractivity contribution < 1.29 is 0 Å². The van der Waals surface area contributed by atoms with Gasteiger partial charge in [0.15, 0.2) is 0 Å². The quantitative estimate of drug-likeness (QED) is 0.151. The molecule has 0 nitrogen and oxygen atoms in total. The molecule has 2 aromatic heterocycles. The minimum absolute atomic E-state index is 1.28. The maximum absolute atomic E-state index is 2.62. The number of fused-ring (bicyclic) bond motifs is 2. The van der Waals surface area contributed by atoms with Crippen molar-refractivity contribution in [3.05, 3.63) is 191 Å². The molecule has 0 atom stereocenters. The zero-order valence-corrected chi connectivity index (χ0v) is 32.0. The summed E-state index contributed by atoms with van der Waals surface area (Å²) in [7, 11) is -2.53. The van der Waals surface area contributed by atoms with Gasteiger partial charge in [0.1, 0.15) is 8.07 Å². The predicted octanol–water partition coefficient (Wildman–Crippen LogP) is 14.4. The highest BCUT2D eigenvalue weighted by molar-refractivity contribution is 7.25. The maximum Gasteiger partial charge on any atom is 0.115 e. The van der Waals surface area contributed by atoms with Crippen LogP contribution in [0.1, 0.15) is 33.4 Å². The molecule has 3 heteroatoms. The lowest BCUT2D eigenvalue weighted by Gasteiger charge is -2.28. The molecule has 6 aromatic carbocycles. The Balaban J connectivity index is 1.49. The number of allylic oxidation sites excluding steroid dienone is 2. The number of thiophene rings is 2. The second-order valence-corrected chi connectivity index (χ2v) is 20.6. The summed E-state index contributed by atoms with van der Waals surface area (Å²) in [4.78, 5) is 2.72. The lowest BCUT2D eigenvalue weighted by Crippen LogP contribution is -2.29. The monoisotopic (exact) mass is 706 g/mol. The summed E-state index contributed by atoms with van der Waals surface area (Å²) >= 11 is 3.87. The number of hydrogen-bond donors (Lipinski definition) is 0. The van der Waals surface area contributed by atoms with Crippen molar-refractivity contribution in [2.24, 2.45) is 0 Å². The molecule has 0 amide bonds. The fourth-order valence-corrected chi connectivity index (χ4v) is 14.6. The van der Waals surface area contributed by atoms with Crippen LogP contribution in [0.2, 0.25) is 13.1 Å². The average Bonchev–Trinajstić information content (AvgIpc) is 3.79. The maximum atomic E-state index is 2.62. The normalized spacial score (nSPS) is 14.3. The van der Waals surface area contributed by atoms with E-state index in [4.69, 9.17) is 0 Å². The molecular weight excluding hydrogens is 669 g/mol. The summed E-state index contributed by atoms with van der Waals surface area (Å²) in [5, 5.41) is 5.77. The van der Waals surface area contributed by atoms with Gasteiger partial charge in [0.05, 0.1) is 0 Å². The zero-order chi connectivity index (χ0) is 34.7. The van der Waals surface area contributed by atoms with Gasteiger partial charge >= 0.3 is 0 Å². The highest BCUT2D eigenvalue weighted by atomic mass is 32.1. The smallest absolute Gasteiger partial charge is 0.115 e. The molecule has 246 valence electrons. The van der Waals surface area contributed by atoms with Crippen LogP contribution in [0.4, 0.5) is 0 Å². The van der Waals surface area contributed by atoms with Crippen LogP contribution in [0.15, 0.2) is 158 Å². The van der Waals surface area contributed by atoms with Crippen LogP contribution in [-0.2, 0) is 0 Å². The van der Waals surface area contributed by atoms with Crippen LogP contribution in [0.5, 0.6) is 0 Å². The number of rotatable bonds is 6. The first-order valence-electron chi connectivity index (χ1n) is 17.7. The van der Waals surface area contributed by atoms with Gasteiger partial charge in [0.25, 0.3) is 0 Å². The Hall–Kier alpha value is -5.06. The molecule has 0 N–H and O–H groups in total. The highest BCUT2D eigenvalue weighted by Crippen LogP contribution is 2.61. The molecule has 51 heavy (non-hydrogen) atoms. The Bertz CT molecular complexity index is 2480. The number of aryl methyl sites for hydroxylation is 2. The molecule has 0 radical (unpaired) electrons. The molecule has 0 saturated heterocycles. The van der Waals surface area contributed by atoms with Crippen LogP contribution >= 0.6 is 22.7 Å². The van der Waals surface area contributed by atoms with Gasteiger partial charge in [-0.25, -0.2) is 0 Å². The van der Waals surface area contributed by atoms with Crippen molar-refractivity contribution in [3.8, 4) is 20.9 Å². The topological polar surface area (TPSA) is 0 Å². The van der Waals surface area contributed by atoms with Gasteiger partial charge in [-0.2, -0.15) is 0 Å². The van der Waals surface area contributed by atoms with Crippen LogP contribution in [0.3, 0.4) is 0 Å². The molecule has 0 bridgehead atoms. The molecule has 1 aliphatic rings. The van der Waals surface area contributed by atoms with Crippen LogP contribution < -0.4 is 0 Å². The summed E-state index contributed by atoms with van der Waals surface area (Å²) in [6.07, 6.45) is 0. The second-order valence-electron chi connectivity index (χ2n) is 14.2. The van der Waals surface area contributed by atoms with Crippen LogP contribution in [0, 0.1) is 13.8 Å². The number of hydrogen-bond acceptors (Lipinski definition) is 2. The van der Waals surface area contributed by atoms with Gasteiger partial charge in [-0.05, 0) is 69.8 Å². The fraction of sp³-hybridized carbons (Fsp3) is 0.0833. The average molecular weight is 707 g/mol. The van der Waals surface area contributed by atoms with E-state index in [2.05, 4.69) is 185 Å². The van der Waals surface area contributed by atoms with Crippen molar-refractivity contribution >= 4 is 72.5 Å². The molecule has 0 fully saturated rings. The van der Waals surface area contributed by atoms with E-state index in [9.17, 15) is 0 Å². The van der Waals surface area contributed by atoms with Crippen LogP contribution in [-0.4, -0.2) is 8.07 Å². The molecule has 0 unspecified atom stereocenters. The Morgan fingerprint density at radius 1 is 0.392 bits per heavy atom. The zero-order valence-electron chi connectivity index (χ0n) is 29.3.